The van der Waals surface area contributed by atoms with Crippen LogP contribution in [-0.4, -0.2) is 30.1 Å². The van der Waals surface area contributed by atoms with Gasteiger partial charge < -0.3 is 14.6 Å². The van der Waals surface area contributed by atoms with Gasteiger partial charge in [-0.3, -0.25) is 4.79 Å². The summed E-state index contributed by atoms with van der Waals surface area (Å²) in [5.41, 5.74) is -0.0458. The van der Waals surface area contributed by atoms with Gasteiger partial charge >= 0.3 is 5.97 Å². The summed E-state index contributed by atoms with van der Waals surface area (Å²) in [5, 5.41) is 8.82. The van der Waals surface area contributed by atoms with Crippen LogP contribution in [0, 0.1) is 0 Å². The Balaban J connectivity index is 3.45. The second-order valence-corrected chi connectivity index (χ2v) is 4.61. The molecule has 1 aromatic carbocycles. The maximum absolute atomic E-state index is 11.7. The minimum absolute atomic E-state index is 0.0458. The Morgan fingerprint density at radius 3 is 2.39 bits per heavy atom. The van der Waals surface area contributed by atoms with Gasteiger partial charge in [0.1, 0.15) is 0 Å². The standard InChI is InChI=1S/C12H13BrO5/c1-6(2)18-11-8(17-3)5-4-7(13)9(11)10(14)12(15)16/h4-6H,1-3H3,(H,15,16). The molecule has 0 saturated carbocycles. The second-order valence-electron chi connectivity index (χ2n) is 3.75. The molecule has 18 heavy (non-hydrogen) atoms. The Bertz CT molecular complexity index is 482. The molecule has 1 N–H and O–H groups in total. The van der Waals surface area contributed by atoms with Crippen LogP contribution in [0.5, 0.6) is 11.5 Å². The summed E-state index contributed by atoms with van der Waals surface area (Å²) in [6, 6.07) is 3.14. The summed E-state index contributed by atoms with van der Waals surface area (Å²) in [4.78, 5) is 22.5. The molecule has 0 heterocycles. The minimum Gasteiger partial charge on any atom is -0.493 e. The van der Waals surface area contributed by atoms with E-state index in [1.165, 1.54) is 7.11 Å². The molecule has 0 aliphatic heterocycles. The van der Waals surface area contributed by atoms with Gasteiger partial charge in [0.15, 0.2) is 11.5 Å². The van der Waals surface area contributed by atoms with Gasteiger partial charge in [-0.05, 0) is 41.9 Å². The lowest BCUT2D eigenvalue weighted by atomic mass is 10.1. The molecule has 0 aliphatic carbocycles. The van der Waals surface area contributed by atoms with Crippen molar-refractivity contribution in [1.82, 2.24) is 0 Å². The average molecular weight is 317 g/mol. The highest BCUT2D eigenvalue weighted by atomic mass is 79.9. The lowest BCUT2D eigenvalue weighted by molar-refractivity contribution is -0.131. The summed E-state index contributed by atoms with van der Waals surface area (Å²) >= 11 is 3.15. The molecule has 0 aliphatic rings. The van der Waals surface area contributed by atoms with Crippen LogP contribution in [0.3, 0.4) is 0 Å². The molecule has 0 unspecified atom stereocenters. The molecule has 0 radical (unpaired) electrons. The van der Waals surface area contributed by atoms with E-state index in [1.807, 2.05) is 0 Å². The number of rotatable bonds is 5. The van der Waals surface area contributed by atoms with Gasteiger partial charge in [0.25, 0.3) is 5.78 Å². The number of carbonyl (C=O) groups excluding carboxylic acids is 1. The van der Waals surface area contributed by atoms with E-state index >= 15 is 0 Å². The number of carboxylic acid groups (broad SMARTS) is 1. The van der Waals surface area contributed by atoms with E-state index in [0.717, 1.165) is 0 Å². The zero-order valence-corrected chi connectivity index (χ0v) is 11.8. The SMILES string of the molecule is COc1ccc(Br)c(C(=O)C(=O)O)c1OC(C)C. The number of halogens is 1. The number of ketones is 1. The van der Waals surface area contributed by atoms with Crippen molar-refractivity contribution in [3.63, 3.8) is 0 Å². The van der Waals surface area contributed by atoms with E-state index in [0.29, 0.717) is 10.2 Å². The first kappa shape index (κ1) is 14.5. The number of hydrogen-bond donors (Lipinski definition) is 1. The highest BCUT2D eigenvalue weighted by molar-refractivity contribution is 9.10. The molecule has 1 rings (SSSR count). The summed E-state index contributed by atoms with van der Waals surface area (Å²) in [5.74, 6) is -2.14. The Morgan fingerprint density at radius 2 is 1.94 bits per heavy atom. The van der Waals surface area contributed by atoms with Gasteiger partial charge in [0, 0.05) is 4.47 Å². The Labute approximate surface area is 113 Å². The first-order chi connectivity index (χ1) is 8.38. The quantitative estimate of drug-likeness (QED) is 0.667. The topological polar surface area (TPSA) is 72.8 Å². The highest BCUT2D eigenvalue weighted by Crippen LogP contribution is 2.37. The molecule has 0 amide bonds. The largest absolute Gasteiger partial charge is 0.493 e. The predicted molar refractivity (Wildman–Crippen MR) is 68.4 cm³/mol. The van der Waals surface area contributed by atoms with Crippen LogP contribution in [0.1, 0.15) is 24.2 Å². The normalized spacial score (nSPS) is 10.3. The number of ether oxygens (including phenoxy) is 2. The van der Waals surface area contributed by atoms with Crippen LogP contribution in [0.25, 0.3) is 0 Å². The van der Waals surface area contributed by atoms with Crippen LogP contribution < -0.4 is 9.47 Å². The third kappa shape index (κ3) is 3.01. The maximum atomic E-state index is 11.7. The minimum atomic E-state index is -1.54. The molecule has 0 spiro atoms. The highest BCUT2D eigenvalue weighted by Gasteiger charge is 2.26. The van der Waals surface area contributed by atoms with Crippen LogP contribution >= 0.6 is 15.9 Å². The monoisotopic (exact) mass is 316 g/mol. The van der Waals surface area contributed by atoms with Crippen molar-refractivity contribution in [2.45, 2.75) is 20.0 Å². The number of carboxylic acids is 1. The second kappa shape index (κ2) is 5.86. The predicted octanol–water partition coefficient (Wildman–Crippen LogP) is 2.51. The average Bonchev–Trinajstić information content (AvgIpc) is 2.28. The van der Waals surface area contributed by atoms with Gasteiger partial charge in [-0.25, -0.2) is 4.79 Å². The summed E-state index contributed by atoms with van der Waals surface area (Å²) < 4.78 is 10.9. The van der Waals surface area contributed by atoms with Crippen LogP contribution in [0.4, 0.5) is 0 Å². The molecule has 6 heteroatoms. The fourth-order valence-electron chi connectivity index (χ4n) is 1.37. The maximum Gasteiger partial charge on any atom is 0.377 e. The Hall–Kier alpha value is -1.56. The van der Waals surface area contributed by atoms with Crippen molar-refractivity contribution in [2.75, 3.05) is 7.11 Å². The van der Waals surface area contributed by atoms with E-state index in [4.69, 9.17) is 14.6 Å². The summed E-state index contributed by atoms with van der Waals surface area (Å²) in [6.45, 7) is 3.55. The van der Waals surface area contributed by atoms with Crippen molar-refractivity contribution < 1.29 is 24.2 Å². The molecule has 0 saturated heterocycles. The van der Waals surface area contributed by atoms with Crippen molar-refractivity contribution in [3.8, 4) is 11.5 Å². The van der Waals surface area contributed by atoms with Gasteiger partial charge in [-0.1, -0.05) is 0 Å². The lowest BCUT2D eigenvalue weighted by Gasteiger charge is -2.17. The van der Waals surface area contributed by atoms with Crippen LogP contribution in [0.2, 0.25) is 0 Å². The summed E-state index contributed by atoms with van der Waals surface area (Å²) in [6.07, 6.45) is -0.214. The molecule has 0 bridgehead atoms. The van der Waals surface area contributed by atoms with Gasteiger partial charge in [-0.15, -0.1) is 0 Å². The smallest absolute Gasteiger partial charge is 0.377 e. The third-order valence-electron chi connectivity index (χ3n) is 2.07. The third-order valence-corrected chi connectivity index (χ3v) is 2.73. The number of methoxy groups -OCH3 is 1. The number of benzene rings is 1. The Morgan fingerprint density at radius 1 is 1.33 bits per heavy atom. The van der Waals surface area contributed by atoms with Gasteiger partial charge in [0.2, 0.25) is 0 Å². The number of hydrogen-bond acceptors (Lipinski definition) is 4. The zero-order valence-electron chi connectivity index (χ0n) is 10.2. The molecular formula is C12H13BrO5. The van der Waals surface area contributed by atoms with Crippen LogP contribution in [0.15, 0.2) is 16.6 Å². The van der Waals surface area contributed by atoms with Crippen molar-refractivity contribution in [3.05, 3.63) is 22.2 Å². The van der Waals surface area contributed by atoms with E-state index in [9.17, 15) is 9.59 Å². The lowest BCUT2D eigenvalue weighted by Crippen LogP contribution is -2.17. The molecule has 0 fully saturated rings. The molecule has 0 atom stereocenters. The zero-order chi connectivity index (χ0) is 13.9. The number of aliphatic carboxylic acids is 1. The molecule has 0 aromatic heterocycles. The molecule has 98 valence electrons. The van der Waals surface area contributed by atoms with Gasteiger partial charge in [0.05, 0.1) is 18.8 Å². The van der Waals surface area contributed by atoms with Crippen molar-refractivity contribution >= 4 is 27.7 Å². The van der Waals surface area contributed by atoms with Crippen LogP contribution in [-0.2, 0) is 4.79 Å². The fourth-order valence-corrected chi connectivity index (χ4v) is 1.86. The van der Waals surface area contributed by atoms with E-state index in [2.05, 4.69) is 15.9 Å². The van der Waals surface area contributed by atoms with Crippen molar-refractivity contribution in [2.24, 2.45) is 0 Å². The Kier molecular flexibility index (Phi) is 4.72. The number of Topliss-reactive ketones (excluding diaryl/α,β-unsaturated/α-hetero) is 1. The van der Waals surface area contributed by atoms with Crippen molar-refractivity contribution in [1.29, 1.82) is 0 Å². The fraction of sp³-hybridized carbons (Fsp3) is 0.333. The number of carbonyl (C=O) groups is 2. The van der Waals surface area contributed by atoms with E-state index in [1.54, 1.807) is 26.0 Å². The first-order valence-electron chi connectivity index (χ1n) is 5.19. The summed E-state index contributed by atoms with van der Waals surface area (Å²) in [7, 11) is 1.42. The van der Waals surface area contributed by atoms with Gasteiger partial charge in [-0.2, -0.15) is 0 Å². The molecular weight excluding hydrogens is 304 g/mol. The molecule has 5 nitrogen and oxygen atoms in total. The van der Waals surface area contributed by atoms with E-state index in [-0.39, 0.29) is 17.4 Å². The van der Waals surface area contributed by atoms with E-state index < -0.39 is 11.8 Å². The molecule has 1 aromatic rings. The first-order valence-corrected chi connectivity index (χ1v) is 5.98.